The molecular formula is C30H27N7O2S2. The molecule has 1 unspecified atom stereocenters. The Balaban J connectivity index is 1.46. The Morgan fingerprint density at radius 3 is 2.59 bits per heavy atom. The topological polar surface area (TPSA) is 149 Å². The highest BCUT2D eigenvalue weighted by Crippen LogP contribution is 2.50. The fourth-order valence-electron chi connectivity index (χ4n) is 5.17. The standard InChI is InChI=1S/C30H27N7O2S2/c1-17-8-10-18(11-9-17)25-20(15-32)27(33)37(22-12-30(2,3)13-23(38)26(22)25)28-35-36-29(41-28)40-16-24(39)34-21-7-5-4-6-19(21)14-31/h4-11,25H,12-13,16,33H2,1-3H3,(H,34,39). The van der Waals surface area contributed by atoms with Crippen molar-refractivity contribution in [1.82, 2.24) is 10.2 Å². The van der Waals surface area contributed by atoms with Crippen molar-refractivity contribution in [3.63, 3.8) is 0 Å². The minimum Gasteiger partial charge on any atom is -0.384 e. The van der Waals surface area contributed by atoms with Crippen LogP contribution in [0.25, 0.3) is 0 Å². The molecule has 1 amide bonds. The molecule has 3 aromatic rings. The Bertz CT molecular complexity index is 1690. The third-order valence-electron chi connectivity index (χ3n) is 7.03. The second-order valence-corrected chi connectivity index (χ2v) is 12.9. The van der Waals surface area contributed by atoms with Gasteiger partial charge in [0, 0.05) is 17.7 Å². The van der Waals surface area contributed by atoms with Crippen molar-refractivity contribution in [3.05, 3.63) is 87.9 Å². The van der Waals surface area contributed by atoms with Gasteiger partial charge in [-0.2, -0.15) is 10.5 Å². The van der Waals surface area contributed by atoms with E-state index in [4.69, 9.17) is 5.73 Å². The summed E-state index contributed by atoms with van der Waals surface area (Å²) in [5.41, 5.74) is 10.7. The average molecular weight is 582 g/mol. The van der Waals surface area contributed by atoms with Gasteiger partial charge in [-0.3, -0.25) is 14.5 Å². The first-order chi connectivity index (χ1) is 19.6. The van der Waals surface area contributed by atoms with Gasteiger partial charge < -0.3 is 11.1 Å². The van der Waals surface area contributed by atoms with Gasteiger partial charge in [-0.15, -0.1) is 10.2 Å². The van der Waals surface area contributed by atoms with Crippen molar-refractivity contribution in [1.29, 1.82) is 10.5 Å². The zero-order chi connectivity index (χ0) is 29.3. The van der Waals surface area contributed by atoms with Gasteiger partial charge in [0.2, 0.25) is 11.0 Å². The number of nitrogens with one attached hydrogen (secondary N) is 1. The van der Waals surface area contributed by atoms with E-state index in [0.29, 0.717) is 44.7 Å². The molecule has 2 aromatic carbocycles. The van der Waals surface area contributed by atoms with Crippen molar-refractivity contribution in [2.24, 2.45) is 11.1 Å². The summed E-state index contributed by atoms with van der Waals surface area (Å²) in [7, 11) is 0. The molecule has 0 saturated carbocycles. The van der Waals surface area contributed by atoms with Gasteiger partial charge in [0.05, 0.1) is 34.6 Å². The number of rotatable bonds is 6. The fraction of sp³-hybridized carbons (Fsp3) is 0.267. The van der Waals surface area contributed by atoms with Crippen LogP contribution < -0.4 is 16.0 Å². The van der Waals surface area contributed by atoms with Crippen LogP contribution >= 0.6 is 23.1 Å². The van der Waals surface area contributed by atoms with E-state index < -0.39 is 5.92 Å². The Hall–Kier alpha value is -4.45. The molecule has 2 aliphatic rings. The molecule has 0 radical (unpaired) electrons. The number of nitriles is 2. The van der Waals surface area contributed by atoms with Crippen LogP contribution in [0.15, 0.2) is 75.5 Å². The number of para-hydroxylation sites is 1. The van der Waals surface area contributed by atoms with E-state index >= 15 is 0 Å². The van der Waals surface area contributed by atoms with Gasteiger partial charge >= 0.3 is 0 Å². The lowest BCUT2D eigenvalue weighted by Crippen LogP contribution is -2.42. The molecule has 0 bridgehead atoms. The molecule has 1 aromatic heterocycles. The van der Waals surface area contributed by atoms with Crippen molar-refractivity contribution < 1.29 is 9.59 Å². The predicted octanol–water partition coefficient (Wildman–Crippen LogP) is 5.39. The number of amides is 1. The highest BCUT2D eigenvalue weighted by Gasteiger charge is 2.45. The lowest BCUT2D eigenvalue weighted by atomic mass is 9.68. The smallest absolute Gasteiger partial charge is 0.234 e. The fourth-order valence-corrected chi connectivity index (χ4v) is 6.85. The minimum atomic E-state index is -0.558. The van der Waals surface area contributed by atoms with Gasteiger partial charge in [-0.1, -0.05) is 78.9 Å². The Morgan fingerprint density at radius 1 is 1.15 bits per heavy atom. The summed E-state index contributed by atoms with van der Waals surface area (Å²) in [6, 6.07) is 18.9. The van der Waals surface area contributed by atoms with Crippen molar-refractivity contribution >= 4 is 45.6 Å². The number of aryl methyl sites for hydroxylation is 1. The van der Waals surface area contributed by atoms with Gasteiger partial charge in [0.25, 0.3) is 0 Å². The number of Topliss-reactive ketones (excluding diaryl/α,β-unsaturated/α-hetero) is 1. The summed E-state index contributed by atoms with van der Waals surface area (Å²) in [6.07, 6.45) is 0.931. The van der Waals surface area contributed by atoms with Crippen LogP contribution in [0, 0.1) is 35.0 Å². The number of nitrogens with two attached hydrogens (primary N) is 1. The second kappa shape index (κ2) is 11.2. The average Bonchev–Trinajstić information content (AvgIpc) is 3.40. The van der Waals surface area contributed by atoms with Crippen LogP contribution in [0.1, 0.15) is 49.3 Å². The molecule has 3 N–H and O–H groups in total. The van der Waals surface area contributed by atoms with Crippen molar-refractivity contribution in [3.8, 4) is 12.1 Å². The summed E-state index contributed by atoms with van der Waals surface area (Å²) in [5.74, 6) is -0.583. The van der Waals surface area contributed by atoms with Crippen LogP contribution in [0.2, 0.25) is 0 Å². The monoisotopic (exact) mass is 581 g/mol. The zero-order valence-corrected chi connectivity index (χ0v) is 24.4. The van der Waals surface area contributed by atoms with Crippen LogP contribution in [0.3, 0.4) is 0 Å². The minimum absolute atomic E-state index is 0.0134. The number of carbonyl (C=O) groups is 2. The highest BCUT2D eigenvalue weighted by atomic mass is 32.2. The molecule has 5 rings (SSSR count). The summed E-state index contributed by atoms with van der Waals surface area (Å²) < 4.78 is 0.527. The number of hydrogen-bond donors (Lipinski definition) is 2. The first-order valence-electron chi connectivity index (χ1n) is 12.9. The van der Waals surface area contributed by atoms with E-state index in [1.165, 1.54) is 23.1 Å². The lowest BCUT2D eigenvalue weighted by Gasteiger charge is -2.42. The van der Waals surface area contributed by atoms with E-state index in [9.17, 15) is 20.1 Å². The first-order valence-corrected chi connectivity index (χ1v) is 14.7. The summed E-state index contributed by atoms with van der Waals surface area (Å²) in [4.78, 5) is 27.9. The van der Waals surface area contributed by atoms with Gasteiger partial charge in [-0.05, 0) is 36.5 Å². The molecule has 0 spiro atoms. The van der Waals surface area contributed by atoms with Gasteiger partial charge in [0.1, 0.15) is 11.9 Å². The van der Waals surface area contributed by atoms with E-state index in [2.05, 4.69) is 27.7 Å². The lowest BCUT2D eigenvalue weighted by molar-refractivity contribution is -0.118. The van der Waals surface area contributed by atoms with E-state index in [-0.39, 0.29) is 28.7 Å². The normalized spacial score (nSPS) is 18.0. The molecule has 1 aliphatic heterocycles. The predicted molar refractivity (Wildman–Crippen MR) is 159 cm³/mol. The zero-order valence-electron chi connectivity index (χ0n) is 22.8. The number of hydrogen-bond acceptors (Lipinski definition) is 10. The quantitative estimate of drug-likeness (QED) is 0.365. The summed E-state index contributed by atoms with van der Waals surface area (Å²) >= 11 is 2.43. The SMILES string of the molecule is Cc1ccc(C2C(C#N)=C(N)N(c3nnc(SCC(=O)Nc4ccccc4C#N)s3)C3=C2C(=O)CC(C)(C)C3)cc1. The molecule has 9 nitrogen and oxygen atoms in total. The molecular weight excluding hydrogens is 555 g/mol. The van der Waals surface area contributed by atoms with Crippen LogP contribution in [0.4, 0.5) is 10.8 Å². The molecule has 206 valence electrons. The molecule has 11 heteroatoms. The number of ketones is 1. The Kier molecular flexibility index (Phi) is 7.68. The van der Waals surface area contributed by atoms with Gasteiger partial charge in [0.15, 0.2) is 10.1 Å². The third kappa shape index (κ3) is 5.60. The van der Waals surface area contributed by atoms with E-state index in [1.807, 2.05) is 45.0 Å². The maximum Gasteiger partial charge on any atom is 0.234 e. The molecule has 41 heavy (non-hydrogen) atoms. The molecule has 1 aliphatic carbocycles. The van der Waals surface area contributed by atoms with Gasteiger partial charge in [-0.25, -0.2) is 0 Å². The first kappa shape index (κ1) is 28.1. The number of aromatic nitrogens is 2. The number of allylic oxidation sites excluding steroid dienone is 3. The third-order valence-corrected chi connectivity index (χ3v) is 9.07. The Labute approximate surface area is 246 Å². The number of benzene rings is 2. The van der Waals surface area contributed by atoms with Crippen LogP contribution in [-0.2, 0) is 9.59 Å². The molecule has 0 fully saturated rings. The van der Waals surface area contributed by atoms with E-state index in [1.54, 1.807) is 29.2 Å². The maximum atomic E-state index is 13.7. The number of anilines is 2. The molecule has 0 saturated heterocycles. The number of thioether (sulfide) groups is 1. The van der Waals surface area contributed by atoms with Crippen molar-refractivity contribution in [2.75, 3.05) is 16.0 Å². The Morgan fingerprint density at radius 2 is 1.88 bits per heavy atom. The highest BCUT2D eigenvalue weighted by molar-refractivity contribution is 8.01. The number of nitrogens with zero attached hydrogens (tertiary/aromatic N) is 5. The number of carbonyl (C=O) groups excluding carboxylic acids is 2. The molecule has 2 heterocycles. The van der Waals surface area contributed by atoms with Crippen LogP contribution in [0.5, 0.6) is 0 Å². The summed E-state index contributed by atoms with van der Waals surface area (Å²) in [6.45, 7) is 6.07. The summed E-state index contributed by atoms with van der Waals surface area (Å²) in [5, 5.41) is 31.3. The maximum absolute atomic E-state index is 13.7. The largest absolute Gasteiger partial charge is 0.384 e. The molecule has 1 atom stereocenters. The van der Waals surface area contributed by atoms with Crippen LogP contribution in [-0.4, -0.2) is 27.6 Å². The van der Waals surface area contributed by atoms with Crippen molar-refractivity contribution in [2.45, 2.75) is 43.9 Å². The second-order valence-electron chi connectivity index (χ2n) is 10.7. The van der Waals surface area contributed by atoms with E-state index in [0.717, 1.165) is 16.8 Å².